The number of rotatable bonds is 6. The molecule has 6 nitrogen and oxygen atoms in total. The van der Waals surface area contributed by atoms with Crippen LogP contribution >= 0.6 is 0 Å². The van der Waals surface area contributed by atoms with Crippen molar-refractivity contribution in [3.8, 4) is 5.69 Å². The van der Waals surface area contributed by atoms with Gasteiger partial charge in [-0.2, -0.15) is 0 Å². The molecule has 1 aromatic heterocycles. The number of carboxylic acid groups (broad SMARTS) is 1. The number of nitrogens with zero attached hydrogens (tertiary/aromatic N) is 2. The molecule has 0 aliphatic rings. The summed E-state index contributed by atoms with van der Waals surface area (Å²) in [6, 6.07) is 7.32. The highest BCUT2D eigenvalue weighted by Gasteiger charge is 2.07. The largest absolute Gasteiger partial charge is 0.550 e. The Bertz CT molecular complexity index is 593. The molecule has 1 amide bonds. The number of aliphatic carboxylic acids is 1. The summed E-state index contributed by atoms with van der Waals surface area (Å²) in [6.07, 6.45) is 5.37. The zero-order valence-corrected chi connectivity index (χ0v) is 10.8. The van der Waals surface area contributed by atoms with E-state index < -0.39 is 5.97 Å². The van der Waals surface area contributed by atoms with Crippen molar-refractivity contribution in [3.63, 3.8) is 0 Å². The minimum absolute atomic E-state index is 0.114. The maximum Gasteiger partial charge on any atom is 0.224 e. The summed E-state index contributed by atoms with van der Waals surface area (Å²) in [5.41, 5.74) is 1.46. The monoisotopic (exact) mass is 272 g/mol. The van der Waals surface area contributed by atoms with Gasteiger partial charge in [0.05, 0.1) is 17.7 Å². The third kappa shape index (κ3) is 3.68. The molecule has 6 heteroatoms. The molecule has 1 aromatic carbocycles. The SMILES string of the molecule is O=C([O-])CCCC(=O)Nc1ccccc1-n1ccnc1. The summed E-state index contributed by atoms with van der Waals surface area (Å²) in [4.78, 5) is 26.0. The van der Waals surface area contributed by atoms with Crippen LogP contribution in [-0.2, 0) is 9.59 Å². The second-order valence-corrected chi connectivity index (χ2v) is 4.26. The van der Waals surface area contributed by atoms with Crippen molar-refractivity contribution in [1.29, 1.82) is 0 Å². The van der Waals surface area contributed by atoms with Crippen LogP contribution in [0.1, 0.15) is 19.3 Å². The number of carbonyl (C=O) groups is 2. The standard InChI is InChI=1S/C14H15N3O3/c18-13(6-3-7-14(19)20)16-11-4-1-2-5-12(11)17-9-8-15-10-17/h1-2,4-5,8-10H,3,6-7H2,(H,16,18)(H,19,20)/p-1. The van der Waals surface area contributed by atoms with Gasteiger partial charge in [0.1, 0.15) is 0 Å². The number of carboxylic acids is 1. The molecule has 0 radical (unpaired) electrons. The van der Waals surface area contributed by atoms with Gasteiger partial charge in [-0.1, -0.05) is 12.1 Å². The van der Waals surface area contributed by atoms with Crippen molar-refractivity contribution in [2.45, 2.75) is 19.3 Å². The fourth-order valence-electron chi connectivity index (χ4n) is 1.81. The van der Waals surface area contributed by atoms with Crippen LogP contribution in [0.3, 0.4) is 0 Å². The first-order valence-electron chi connectivity index (χ1n) is 6.24. The summed E-state index contributed by atoms with van der Waals surface area (Å²) in [5, 5.41) is 13.1. The fraction of sp³-hybridized carbons (Fsp3) is 0.214. The molecule has 0 atom stereocenters. The lowest BCUT2D eigenvalue weighted by Gasteiger charge is -2.11. The molecule has 104 valence electrons. The maximum atomic E-state index is 11.8. The fourth-order valence-corrected chi connectivity index (χ4v) is 1.81. The molecule has 0 spiro atoms. The predicted octanol–water partition coefficient (Wildman–Crippen LogP) is 0.731. The second-order valence-electron chi connectivity index (χ2n) is 4.26. The van der Waals surface area contributed by atoms with E-state index in [0.29, 0.717) is 5.69 Å². The molecule has 2 aromatic rings. The highest BCUT2D eigenvalue weighted by molar-refractivity contribution is 5.92. The zero-order chi connectivity index (χ0) is 14.4. The van der Waals surface area contributed by atoms with E-state index in [4.69, 9.17) is 0 Å². The highest BCUT2D eigenvalue weighted by Crippen LogP contribution is 2.19. The molecule has 0 unspecified atom stereocenters. The van der Waals surface area contributed by atoms with Crippen molar-refractivity contribution in [2.24, 2.45) is 0 Å². The van der Waals surface area contributed by atoms with E-state index in [-0.39, 0.29) is 25.2 Å². The molecular formula is C14H14N3O3-. The first-order valence-corrected chi connectivity index (χ1v) is 6.24. The van der Waals surface area contributed by atoms with Crippen LogP contribution in [0.15, 0.2) is 43.0 Å². The molecule has 0 saturated heterocycles. The summed E-state index contributed by atoms with van der Waals surface area (Å²) in [5.74, 6) is -1.37. The Labute approximate surface area is 116 Å². The number of aromatic nitrogens is 2. The summed E-state index contributed by atoms with van der Waals surface area (Å²) >= 11 is 0. The molecule has 0 saturated carbocycles. The van der Waals surface area contributed by atoms with Crippen LogP contribution in [0.4, 0.5) is 5.69 Å². The molecule has 1 N–H and O–H groups in total. The Balaban J connectivity index is 2.03. The smallest absolute Gasteiger partial charge is 0.224 e. The first kappa shape index (κ1) is 13.8. The van der Waals surface area contributed by atoms with Gasteiger partial charge in [0, 0.05) is 24.8 Å². The number of hydrogen-bond donors (Lipinski definition) is 1. The molecule has 20 heavy (non-hydrogen) atoms. The first-order chi connectivity index (χ1) is 9.66. The molecular weight excluding hydrogens is 258 g/mol. The van der Waals surface area contributed by atoms with Gasteiger partial charge in [-0.25, -0.2) is 4.98 Å². The lowest BCUT2D eigenvalue weighted by atomic mass is 10.2. The van der Waals surface area contributed by atoms with Gasteiger partial charge in [0.2, 0.25) is 5.91 Å². The van der Waals surface area contributed by atoms with Crippen molar-refractivity contribution >= 4 is 17.6 Å². The number of para-hydroxylation sites is 2. The Morgan fingerprint density at radius 3 is 2.75 bits per heavy atom. The van der Waals surface area contributed by atoms with E-state index in [1.807, 2.05) is 18.2 Å². The van der Waals surface area contributed by atoms with Crippen molar-refractivity contribution < 1.29 is 14.7 Å². The normalized spacial score (nSPS) is 10.2. The molecule has 0 aliphatic heterocycles. The Morgan fingerprint density at radius 2 is 2.05 bits per heavy atom. The average molecular weight is 272 g/mol. The second kappa shape index (κ2) is 6.51. The van der Waals surface area contributed by atoms with Gasteiger partial charge in [0.15, 0.2) is 0 Å². The average Bonchev–Trinajstić information content (AvgIpc) is 2.92. The lowest BCUT2D eigenvalue weighted by Crippen LogP contribution is -2.22. The van der Waals surface area contributed by atoms with Gasteiger partial charge in [-0.3, -0.25) is 4.79 Å². The number of hydrogen-bond acceptors (Lipinski definition) is 4. The van der Waals surface area contributed by atoms with E-state index >= 15 is 0 Å². The van der Waals surface area contributed by atoms with Crippen LogP contribution in [0.5, 0.6) is 0 Å². The van der Waals surface area contributed by atoms with Crippen LogP contribution in [-0.4, -0.2) is 21.4 Å². The lowest BCUT2D eigenvalue weighted by molar-refractivity contribution is -0.305. The molecule has 2 rings (SSSR count). The number of imidazole rings is 1. The minimum Gasteiger partial charge on any atom is -0.550 e. The van der Waals surface area contributed by atoms with E-state index in [1.165, 1.54) is 0 Å². The van der Waals surface area contributed by atoms with E-state index in [0.717, 1.165) is 5.69 Å². The number of amides is 1. The molecule has 0 aliphatic carbocycles. The quantitative estimate of drug-likeness (QED) is 0.839. The van der Waals surface area contributed by atoms with E-state index in [2.05, 4.69) is 10.3 Å². The third-order valence-corrected chi connectivity index (χ3v) is 2.75. The van der Waals surface area contributed by atoms with Crippen LogP contribution in [0.25, 0.3) is 5.69 Å². The summed E-state index contributed by atoms with van der Waals surface area (Å²) in [7, 11) is 0. The van der Waals surface area contributed by atoms with Gasteiger partial charge in [-0.05, 0) is 25.0 Å². The maximum absolute atomic E-state index is 11.8. The van der Waals surface area contributed by atoms with Crippen molar-refractivity contribution in [2.75, 3.05) is 5.32 Å². The third-order valence-electron chi connectivity index (χ3n) is 2.75. The summed E-state index contributed by atoms with van der Waals surface area (Å²) < 4.78 is 1.79. The van der Waals surface area contributed by atoms with Crippen LogP contribution < -0.4 is 10.4 Å². The zero-order valence-electron chi connectivity index (χ0n) is 10.8. The van der Waals surface area contributed by atoms with Crippen molar-refractivity contribution in [3.05, 3.63) is 43.0 Å². The van der Waals surface area contributed by atoms with Gasteiger partial charge in [0.25, 0.3) is 0 Å². The molecule has 1 heterocycles. The van der Waals surface area contributed by atoms with E-state index in [1.54, 1.807) is 29.4 Å². The number of nitrogens with one attached hydrogen (secondary N) is 1. The van der Waals surface area contributed by atoms with Crippen LogP contribution in [0, 0.1) is 0 Å². The minimum atomic E-state index is -1.14. The van der Waals surface area contributed by atoms with Gasteiger partial charge >= 0.3 is 0 Å². The highest BCUT2D eigenvalue weighted by atomic mass is 16.4. The number of anilines is 1. The van der Waals surface area contributed by atoms with Crippen molar-refractivity contribution in [1.82, 2.24) is 9.55 Å². The Kier molecular flexibility index (Phi) is 4.49. The summed E-state index contributed by atoms with van der Waals surface area (Å²) in [6.45, 7) is 0. The molecule has 0 fully saturated rings. The predicted molar refractivity (Wildman–Crippen MR) is 71.1 cm³/mol. The number of carbonyl (C=O) groups excluding carboxylic acids is 2. The van der Waals surface area contributed by atoms with Gasteiger partial charge in [-0.15, -0.1) is 0 Å². The van der Waals surface area contributed by atoms with E-state index in [9.17, 15) is 14.7 Å². The molecule has 0 bridgehead atoms. The van der Waals surface area contributed by atoms with Crippen LogP contribution in [0.2, 0.25) is 0 Å². The Hall–Kier alpha value is -2.63. The van der Waals surface area contributed by atoms with Gasteiger partial charge < -0.3 is 19.8 Å². The Morgan fingerprint density at radius 1 is 1.25 bits per heavy atom. The number of benzene rings is 1. The topological polar surface area (TPSA) is 87.0 Å².